The van der Waals surface area contributed by atoms with Crippen LogP contribution in [0.4, 0.5) is 10.1 Å². The quantitative estimate of drug-likeness (QED) is 0.808. The van der Waals surface area contributed by atoms with Gasteiger partial charge >= 0.3 is 0 Å². The highest BCUT2D eigenvalue weighted by molar-refractivity contribution is 5.45. The Morgan fingerprint density at radius 3 is 2.47 bits per heavy atom. The molecule has 3 heteroatoms. The molecular weight excluding hydrogens is 191 g/mol. The highest BCUT2D eigenvalue weighted by atomic mass is 19.1. The predicted octanol–water partition coefficient (Wildman–Crippen LogP) is 2.39. The second-order valence-electron chi connectivity index (χ2n) is 3.91. The molecule has 0 aliphatic carbocycles. The lowest BCUT2D eigenvalue weighted by atomic mass is 10.1. The van der Waals surface area contributed by atoms with E-state index in [0.717, 1.165) is 25.1 Å². The maximum atomic E-state index is 12.7. The fourth-order valence-electron chi connectivity index (χ4n) is 1.61. The number of benzene rings is 1. The largest absolute Gasteiger partial charge is 0.373 e. The molecule has 0 saturated heterocycles. The third kappa shape index (κ3) is 3.88. The Morgan fingerprint density at radius 2 is 1.93 bits per heavy atom. The molecular formula is C12H19FN2. The molecule has 2 N–H and O–H groups in total. The second-order valence-corrected chi connectivity index (χ2v) is 3.91. The highest BCUT2D eigenvalue weighted by Crippen LogP contribution is 2.13. The smallest absolute Gasteiger partial charge is 0.123 e. The van der Waals surface area contributed by atoms with Crippen molar-refractivity contribution in [3.63, 3.8) is 0 Å². The van der Waals surface area contributed by atoms with Gasteiger partial charge in [0.2, 0.25) is 0 Å². The van der Waals surface area contributed by atoms with Crippen molar-refractivity contribution >= 4 is 5.69 Å². The van der Waals surface area contributed by atoms with Crippen LogP contribution in [0.1, 0.15) is 19.8 Å². The van der Waals surface area contributed by atoms with E-state index in [9.17, 15) is 4.39 Å². The molecule has 1 atom stereocenters. The lowest BCUT2D eigenvalue weighted by Crippen LogP contribution is -2.35. The van der Waals surface area contributed by atoms with Crippen LogP contribution in [0.2, 0.25) is 0 Å². The highest BCUT2D eigenvalue weighted by Gasteiger charge is 2.06. The summed E-state index contributed by atoms with van der Waals surface area (Å²) in [6.07, 6.45) is 2.12. The average Bonchev–Trinajstić information content (AvgIpc) is 2.18. The van der Waals surface area contributed by atoms with Crippen molar-refractivity contribution in [3.05, 3.63) is 30.1 Å². The van der Waals surface area contributed by atoms with Gasteiger partial charge in [-0.25, -0.2) is 4.39 Å². The topological polar surface area (TPSA) is 29.3 Å². The second kappa shape index (κ2) is 5.71. The number of nitrogens with two attached hydrogens (primary N) is 1. The molecule has 1 aromatic carbocycles. The Hall–Kier alpha value is -1.09. The van der Waals surface area contributed by atoms with Crippen molar-refractivity contribution in [2.45, 2.75) is 25.8 Å². The molecule has 84 valence electrons. The first-order valence-corrected chi connectivity index (χ1v) is 5.35. The van der Waals surface area contributed by atoms with Gasteiger partial charge in [-0.2, -0.15) is 0 Å². The molecule has 0 aromatic heterocycles. The number of nitrogens with zero attached hydrogens (tertiary/aromatic N) is 1. The summed E-state index contributed by atoms with van der Waals surface area (Å²) >= 11 is 0. The Bertz CT molecular complexity index is 284. The molecule has 0 spiro atoms. The third-order valence-corrected chi connectivity index (χ3v) is 2.44. The van der Waals surface area contributed by atoms with Gasteiger partial charge in [0.25, 0.3) is 0 Å². The van der Waals surface area contributed by atoms with Gasteiger partial charge in [0.1, 0.15) is 5.82 Å². The van der Waals surface area contributed by atoms with Crippen LogP contribution in [0.3, 0.4) is 0 Å². The van der Waals surface area contributed by atoms with Crippen molar-refractivity contribution < 1.29 is 4.39 Å². The van der Waals surface area contributed by atoms with E-state index in [1.165, 1.54) is 12.1 Å². The summed E-state index contributed by atoms with van der Waals surface area (Å²) in [5.41, 5.74) is 6.94. The van der Waals surface area contributed by atoms with Crippen LogP contribution in [0.25, 0.3) is 0 Å². The predicted molar refractivity (Wildman–Crippen MR) is 62.6 cm³/mol. The van der Waals surface area contributed by atoms with Crippen LogP contribution in [0, 0.1) is 5.82 Å². The van der Waals surface area contributed by atoms with Crippen molar-refractivity contribution in [1.82, 2.24) is 0 Å². The summed E-state index contributed by atoms with van der Waals surface area (Å²) in [5.74, 6) is -0.204. The molecule has 0 heterocycles. The Labute approximate surface area is 90.9 Å². The number of halogens is 1. The van der Waals surface area contributed by atoms with Gasteiger partial charge in [0.15, 0.2) is 0 Å². The van der Waals surface area contributed by atoms with Crippen molar-refractivity contribution in [2.75, 3.05) is 18.5 Å². The maximum Gasteiger partial charge on any atom is 0.123 e. The fourth-order valence-corrected chi connectivity index (χ4v) is 1.61. The molecule has 0 aliphatic heterocycles. The molecule has 1 aromatic rings. The zero-order valence-electron chi connectivity index (χ0n) is 9.41. The Morgan fingerprint density at radius 1 is 1.33 bits per heavy atom. The number of anilines is 1. The molecule has 0 aliphatic rings. The summed E-state index contributed by atoms with van der Waals surface area (Å²) in [5, 5.41) is 0. The van der Waals surface area contributed by atoms with Crippen LogP contribution in [0.5, 0.6) is 0 Å². The third-order valence-electron chi connectivity index (χ3n) is 2.44. The van der Waals surface area contributed by atoms with Gasteiger partial charge in [-0.1, -0.05) is 13.3 Å². The molecule has 1 rings (SSSR count). The van der Waals surface area contributed by atoms with E-state index in [1.54, 1.807) is 12.1 Å². The number of rotatable bonds is 5. The van der Waals surface area contributed by atoms with Gasteiger partial charge in [0, 0.05) is 25.3 Å². The first kappa shape index (κ1) is 12.0. The zero-order valence-corrected chi connectivity index (χ0v) is 9.41. The van der Waals surface area contributed by atoms with E-state index in [-0.39, 0.29) is 11.9 Å². The summed E-state index contributed by atoms with van der Waals surface area (Å²) in [6.45, 7) is 2.93. The molecule has 0 radical (unpaired) electrons. The molecule has 1 unspecified atom stereocenters. The van der Waals surface area contributed by atoms with E-state index in [2.05, 4.69) is 11.8 Å². The van der Waals surface area contributed by atoms with Crippen LogP contribution < -0.4 is 10.6 Å². The minimum atomic E-state index is -0.204. The lowest BCUT2D eigenvalue weighted by Gasteiger charge is -2.23. The fraction of sp³-hybridized carbons (Fsp3) is 0.500. The van der Waals surface area contributed by atoms with E-state index >= 15 is 0 Å². The summed E-state index contributed by atoms with van der Waals surface area (Å²) in [7, 11) is 1.97. The summed E-state index contributed by atoms with van der Waals surface area (Å²) in [4.78, 5) is 2.06. The van der Waals surface area contributed by atoms with Crippen LogP contribution in [0.15, 0.2) is 24.3 Å². The standard InChI is InChI=1S/C12H19FN2/c1-3-4-11(14)9-15(2)12-7-5-10(13)6-8-12/h5-8,11H,3-4,9,14H2,1-2H3. The maximum absolute atomic E-state index is 12.7. The van der Waals surface area contributed by atoms with Crippen molar-refractivity contribution in [2.24, 2.45) is 5.73 Å². The lowest BCUT2D eigenvalue weighted by molar-refractivity contribution is 0.596. The van der Waals surface area contributed by atoms with Gasteiger partial charge in [-0.3, -0.25) is 0 Å². The van der Waals surface area contributed by atoms with E-state index < -0.39 is 0 Å². The molecule has 0 bridgehead atoms. The minimum absolute atomic E-state index is 0.185. The van der Waals surface area contributed by atoms with E-state index in [4.69, 9.17) is 5.73 Å². The first-order valence-electron chi connectivity index (χ1n) is 5.35. The first-order chi connectivity index (χ1) is 7.13. The van der Waals surface area contributed by atoms with Crippen LogP contribution in [-0.4, -0.2) is 19.6 Å². The van der Waals surface area contributed by atoms with Crippen LogP contribution in [-0.2, 0) is 0 Å². The van der Waals surface area contributed by atoms with Gasteiger partial charge in [0.05, 0.1) is 0 Å². The number of hydrogen-bond acceptors (Lipinski definition) is 2. The van der Waals surface area contributed by atoms with Gasteiger partial charge < -0.3 is 10.6 Å². The summed E-state index contributed by atoms with van der Waals surface area (Å²) < 4.78 is 12.7. The van der Waals surface area contributed by atoms with Crippen molar-refractivity contribution in [3.8, 4) is 0 Å². The van der Waals surface area contributed by atoms with Gasteiger partial charge in [-0.05, 0) is 30.7 Å². The molecule has 15 heavy (non-hydrogen) atoms. The summed E-state index contributed by atoms with van der Waals surface area (Å²) in [6, 6.07) is 6.67. The minimum Gasteiger partial charge on any atom is -0.373 e. The number of hydrogen-bond donors (Lipinski definition) is 1. The Kier molecular flexibility index (Phi) is 4.56. The van der Waals surface area contributed by atoms with Gasteiger partial charge in [-0.15, -0.1) is 0 Å². The molecule has 0 saturated carbocycles. The van der Waals surface area contributed by atoms with Crippen LogP contribution >= 0.6 is 0 Å². The van der Waals surface area contributed by atoms with E-state index in [1.807, 2.05) is 7.05 Å². The van der Waals surface area contributed by atoms with E-state index in [0.29, 0.717) is 0 Å². The van der Waals surface area contributed by atoms with Crippen molar-refractivity contribution in [1.29, 1.82) is 0 Å². The SMILES string of the molecule is CCCC(N)CN(C)c1ccc(F)cc1. The Balaban J connectivity index is 2.53. The normalized spacial score (nSPS) is 12.5. The molecule has 0 fully saturated rings. The average molecular weight is 210 g/mol. The molecule has 0 amide bonds. The monoisotopic (exact) mass is 210 g/mol. The molecule has 2 nitrogen and oxygen atoms in total. The zero-order chi connectivity index (χ0) is 11.3. The number of likely N-dealkylation sites (N-methyl/N-ethyl adjacent to an activating group) is 1.